The minimum atomic E-state index is -0.334. The molecule has 0 bridgehead atoms. The van der Waals surface area contributed by atoms with Crippen molar-refractivity contribution in [3.8, 4) is 0 Å². The molecule has 7 heteroatoms. The van der Waals surface area contributed by atoms with Crippen LogP contribution in [0.2, 0.25) is 0 Å². The predicted octanol–water partition coefficient (Wildman–Crippen LogP) is 1.39. The Morgan fingerprint density at radius 1 is 1.40 bits per heavy atom. The summed E-state index contributed by atoms with van der Waals surface area (Å²) < 4.78 is 0. The molecular formula is C13H14N4O2S. The van der Waals surface area contributed by atoms with Crippen LogP contribution in [0.25, 0.3) is 0 Å². The normalized spacial score (nSPS) is 10.2. The van der Waals surface area contributed by atoms with E-state index in [1.165, 1.54) is 6.07 Å². The molecule has 0 aliphatic rings. The number of aromatic nitrogens is 2. The average Bonchev–Trinajstić information content (AvgIpc) is 2.38. The summed E-state index contributed by atoms with van der Waals surface area (Å²) >= 11 is 1.12. The van der Waals surface area contributed by atoms with Crippen LogP contribution in [0.4, 0.5) is 11.5 Å². The van der Waals surface area contributed by atoms with Crippen LogP contribution < -0.4 is 16.6 Å². The molecule has 0 atom stereocenters. The third-order valence-corrected chi connectivity index (χ3v) is 3.29. The van der Waals surface area contributed by atoms with Gasteiger partial charge in [-0.2, -0.15) is 0 Å². The minimum absolute atomic E-state index is 0.134. The highest BCUT2D eigenvalue weighted by Gasteiger charge is 2.06. The van der Waals surface area contributed by atoms with E-state index in [1.807, 2.05) is 31.2 Å². The minimum Gasteiger partial charge on any atom is -0.383 e. The zero-order valence-electron chi connectivity index (χ0n) is 10.8. The fourth-order valence-electron chi connectivity index (χ4n) is 1.49. The Kier molecular flexibility index (Phi) is 4.41. The molecule has 0 radical (unpaired) electrons. The van der Waals surface area contributed by atoms with Crippen LogP contribution in [-0.4, -0.2) is 21.6 Å². The number of rotatable bonds is 4. The number of amides is 1. The van der Waals surface area contributed by atoms with Crippen LogP contribution in [-0.2, 0) is 4.79 Å². The van der Waals surface area contributed by atoms with Gasteiger partial charge in [-0.05, 0) is 19.1 Å². The molecule has 1 aromatic carbocycles. The lowest BCUT2D eigenvalue weighted by molar-refractivity contribution is -0.113. The molecule has 0 unspecified atom stereocenters. The van der Waals surface area contributed by atoms with Crippen molar-refractivity contribution in [2.24, 2.45) is 0 Å². The van der Waals surface area contributed by atoms with E-state index in [9.17, 15) is 9.59 Å². The number of aryl methyl sites for hydroxylation is 1. The summed E-state index contributed by atoms with van der Waals surface area (Å²) in [5.74, 6) is 0.0967. The fourth-order valence-corrected chi connectivity index (χ4v) is 2.17. The van der Waals surface area contributed by atoms with E-state index < -0.39 is 0 Å². The van der Waals surface area contributed by atoms with Gasteiger partial charge in [0.2, 0.25) is 5.91 Å². The maximum absolute atomic E-state index is 11.8. The molecule has 0 saturated heterocycles. The van der Waals surface area contributed by atoms with Gasteiger partial charge in [0.1, 0.15) is 5.82 Å². The van der Waals surface area contributed by atoms with Crippen molar-refractivity contribution < 1.29 is 4.79 Å². The highest BCUT2D eigenvalue weighted by Crippen LogP contribution is 2.13. The topological polar surface area (TPSA) is 101 Å². The zero-order valence-corrected chi connectivity index (χ0v) is 11.7. The molecule has 0 spiro atoms. The maximum atomic E-state index is 11.8. The van der Waals surface area contributed by atoms with Crippen molar-refractivity contribution in [2.45, 2.75) is 12.1 Å². The number of nitrogen functional groups attached to an aromatic ring is 1. The highest BCUT2D eigenvalue weighted by molar-refractivity contribution is 7.99. The van der Waals surface area contributed by atoms with Crippen LogP contribution in [0.1, 0.15) is 5.56 Å². The smallest absolute Gasteiger partial charge is 0.253 e. The highest BCUT2D eigenvalue weighted by atomic mass is 32.2. The number of nitrogens with two attached hydrogens (primary N) is 1. The first-order valence-electron chi connectivity index (χ1n) is 5.89. The number of nitrogens with one attached hydrogen (secondary N) is 2. The van der Waals surface area contributed by atoms with E-state index in [4.69, 9.17) is 5.73 Å². The summed E-state index contributed by atoms with van der Waals surface area (Å²) in [6, 6.07) is 8.69. The number of anilines is 2. The van der Waals surface area contributed by atoms with Crippen LogP contribution in [0.15, 0.2) is 40.3 Å². The number of H-pyrrole nitrogens is 1. The SMILES string of the molecule is Cc1ccc(NC(=O)CSc2nc(N)cc(=O)[nH]2)cc1. The molecule has 104 valence electrons. The summed E-state index contributed by atoms with van der Waals surface area (Å²) in [6.07, 6.45) is 0. The molecule has 20 heavy (non-hydrogen) atoms. The van der Waals surface area contributed by atoms with Crippen LogP contribution in [0.3, 0.4) is 0 Å². The largest absolute Gasteiger partial charge is 0.383 e. The van der Waals surface area contributed by atoms with Crippen molar-refractivity contribution in [3.63, 3.8) is 0 Å². The Morgan fingerprint density at radius 3 is 2.75 bits per heavy atom. The van der Waals surface area contributed by atoms with Crippen molar-refractivity contribution in [1.29, 1.82) is 0 Å². The second-order valence-electron chi connectivity index (χ2n) is 4.18. The number of benzene rings is 1. The third kappa shape index (κ3) is 4.13. The average molecular weight is 290 g/mol. The Hall–Kier alpha value is -2.28. The van der Waals surface area contributed by atoms with Crippen molar-refractivity contribution >= 4 is 29.2 Å². The monoisotopic (exact) mass is 290 g/mol. The number of hydrogen-bond acceptors (Lipinski definition) is 5. The first kappa shape index (κ1) is 14.1. The molecular weight excluding hydrogens is 276 g/mol. The standard InChI is InChI=1S/C13H14N4O2S/c1-8-2-4-9(5-3-8)15-12(19)7-20-13-16-10(14)6-11(18)17-13/h2-6H,7H2,1H3,(H,15,19)(H3,14,16,17,18). The van der Waals surface area contributed by atoms with Gasteiger partial charge in [-0.25, -0.2) is 4.98 Å². The maximum Gasteiger partial charge on any atom is 0.253 e. The van der Waals surface area contributed by atoms with Crippen LogP contribution in [0, 0.1) is 6.92 Å². The van der Waals surface area contributed by atoms with Gasteiger partial charge in [0, 0.05) is 11.8 Å². The Morgan fingerprint density at radius 2 is 2.10 bits per heavy atom. The molecule has 2 aromatic rings. The first-order chi connectivity index (χ1) is 9.52. The second-order valence-corrected chi connectivity index (χ2v) is 5.14. The Balaban J connectivity index is 1.92. The van der Waals surface area contributed by atoms with Crippen molar-refractivity contribution in [2.75, 3.05) is 16.8 Å². The summed E-state index contributed by atoms with van der Waals surface area (Å²) in [5, 5.41) is 3.09. The van der Waals surface area contributed by atoms with E-state index in [0.717, 1.165) is 23.0 Å². The van der Waals surface area contributed by atoms with Crippen molar-refractivity contribution in [1.82, 2.24) is 9.97 Å². The lowest BCUT2D eigenvalue weighted by Gasteiger charge is -2.05. The van der Waals surface area contributed by atoms with Crippen LogP contribution >= 0.6 is 11.8 Å². The van der Waals surface area contributed by atoms with E-state index in [2.05, 4.69) is 15.3 Å². The molecule has 0 fully saturated rings. The number of thioether (sulfide) groups is 1. The lowest BCUT2D eigenvalue weighted by atomic mass is 10.2. The van der Waals surface area contributed by atoms with Gasteiger partial charge in [-0.1, -0.05) is 29.5 Å². The predicted molar refractivity (Wildman–Crippen MR) is 79.8 cm³/mol. The van der Waals surface area contributed by atoms with E-state index >= 15 is 0 Å². The number of aromatic amines is 1. The van der Waals surface area contributed by atoms with Gasteiger partial charge < -0.3 is 16.0 Å². The van der Waals surface area contributed by atoms with Crippen LogP contribution in [0.5, 0.6) is 0 Å². The second kappa shape index (κ2) is 6.25. The quantitative estimate of drug-likeness (QED) is 0.583. The van der Waals surface area contributed by atoms with Gasteiger partial charge in [0.15, 0.2) is 5.16 Å². The number of nitrogens with zero attached hydrogens (tertiary/aromatic N) is 1. The van der Waals surface area contributed by atoms with Crippen molar-refractivity contribution in [3.05, 3.63) is 46.2 Å². The zero-order chi connectivity index (χ0) is 14.5. The molecule has 1 amide bonds. The molecule has 0 aliphatic carbocycles. The summed E-state index contributed by atoms with van der Waals surface area (Å²) in [7, 11) is 0. The van der Waals surface area contributed by atoms with E-state index in [-0.39, 0.29) is 23.0 Å². The lowest BCUT2D eigenvalue weighted by Crippen LogP contribution is -2.15. The molecule has 0 saturated carbocycles. The van der Waals surface area contributed by atoms with Gasteiger partial charge in [0.25, 0.3) is 5.56 Å². The number of carbonyl (C=O) groups is 1. The van der Waals surface area contributed by atoms with Gasteiger partial charge in [0.05, 0.1) is 5.75 Å². The Bertz CT molecular complexity index is 667. The number of hydrogen-bond donors (Lipinski definition) is 3. The fraction of sp³-hybridized carbons (Fsp3) is 0.154. The van der Waals surface area contributed by atoms with Gasteiger partial charge >= 0.3 is 0 Å². The number of carbonyl (C=O) groups excluding carboxylic acids is 1. The molecule has 1 aromatic heterocycles. The summed E-state index contributed by atoms with van der Waals surface area (Å²) in [5.41, 5.74) is 6.98. The first-order valence-corrected chi connectivity index (χ1v) is 6.87. The van der Waals surface area contributed by atoms with E-state index in [0.29, 0.717) is 5.16 Å². The molecule has 4 N–H and O–H groups in total. The van der Waals surface area contributed by atoms with E-state index in [1.54, 1.807) is 0 Å². The molecule has 6 nitrogen and oxygen atoms in total. The van der Waals surface area contributed by atoms with Gasteiger partial charge in [-0.3, -0.25) is 9.59 Å². The molecule has 0 aliphatic heterocycles. The summed E-state index contributed by atoms with van der Waals surface area (Å²) in [4.78, 5) is 29.4. The van der Waals surface area contributed by atoms with Gasteiger partial charge in [-0.15, -0.1) is 0 Å². The third-order valence-electron chi connectivity index (χ3n) is 2.42. The Labute approximate surface area is 119 Å². The molecule has 1 heterocycles. The molecule has 2 rings (SSSR count). The summed E-state index contributed by atoms with van der Waals surface area (Å²) in [6.45, 7) is 1.98.